The van der Waals surface area contributed by atoms with Crippen LogP contribution in [0, 0.1) is 0 Å². The van der Waals surface area contributed by atoms with Gasteiger partial charge in [-0.25, -0.2) is 0 Å². The minimum absolute atomic E-state index is 0.0530. The van der Waals surface area contributed by atoms with Crippen LogP contribution < -0.4 is 5.73 Å². The molecule has 5 heteroatoms. The van der Waals surface area contributed by atoms with Gasteiger partial charge >= 0.3 is 0 Å². The Kier molecular flexibility index (Phi) is 4.38. The molecular formula is C8H10ClNO2S. The van der Waals surface area contributed by atoms with Gasteiger partial charge in [0, 0.05) is 6.54 Å². The van der Waals surface area contributed by atoms with Crippen LogP contribution in [0.3, 0.4) is 0 Å². The highest BCUT2D eigenvalue weighted by Gasteiger charge is 2.11. The summed E-state index contributed by atoms with van der Waals surface area (Å²) in [7, 11) is 0. The van der Waals surface area contributed by atoms with Crippen molar-refractivity contribution in [3.05, 3.63) is 21.3 Å². The van der Waals surface area contributed by atoms with E-state index in [2.05, 4.69) is 0 Å². The maximum atomic E-state index is 11.4. The van der Waals surface area contributed by atoms with Gasteiger partial charge in [-0.15, -0.1) is 11.3 Å². The first-order chi connectivity index (χ1) is 6.25. The van der Waals surface area contributed by atoms with Gasteiger partial charge in [-0.2, -0.15) is 0 Å². The van der Waals surface area contributed by atoms with Crippen LogP contribution in [0.15, 0.2) is 11.4 Å². The van der Waals surface area contributed by atoms with Crippen molar-refractivity contribution in [2.45, 2.75) is 0 Å². The van der Waals surface area contributed by atoms with E-state index in [1.165, 1.54) is 11.3 Å². The first-order valence-corrected chi connectivity index (χ1v) is 5.05. The van der Waals surface area contributed by atoms with Crippen LogP contribution in [-0.2, 0) is 4.74 Å². The molecule has 0 saturated carbocycles. The molecule has 1 aromatic rings. The average molecular weight is 220 g/mol. The fourth-order valence-corrected chi connectivity index (χ4v) is 1.89. The molecule has 0 saturated heterocycles. The quantitative estimate of drug-likeness (QED) is 0.604. The number of hydrogen-bond donors (Lipinski definition) is 1. The Labute approximate surface area is 85.4 Å². The van der Waals surface area contributed by atoms with Crippen molar-refractivity contribution < 1.29 is 9.53 Å². The lowest BCUT2D eigenvalue weighted by atomic mass is 10.3. The minimum atomic E-state index is -0.0894. The van der Waals surface area contributed by atoms with E-state index >= 15 is 0 Å². The maximum absolute atomic E-state index is 11.4. The first kappa shape index (κ1) is 10.7. The Balaban J connectivity index is 2.45. The molecule has 0 aliphatic rings. The van der Waals surface area contributed by atoms with Crippen molar-refractivity contribution in [3.63, 3.8) is 0 Å². The third-order valence-corrected chi connectivity index (χ3v) is 2.75. The molecule has 0 unspecified atom stereocenters. The second-order valence-corrected chi connectivity index (χ2v) is 3.69. The number of hydrogen-bond acceptors (Lipinski definition) is 4. The summed E-state index contributed by atoms with van der Waals surface area (Å²) in [5, 5.41) is 2.27. The van der Waals surface area contributed by atoms with Gasteiger partial charge in [0.1, 0.15) is 6.61 Å². The molecule has 0 aliphatic carbocycles. The van der Waals surface area contributed by atoms with E-state index in [9.17, 15) is 4.79 Å². The van der Waals surface area contributed by atoms with Gasteiger partial charge in [0.05, 0.1) is 16.5 Å². The molecule has 72 valence electrons. The van der Waals surface area contributed by atoms with E-state index in [0.717, 1.165) is 0 Å². The summed E-state index contributed by atoms with van der Waals surface area (Å²) in [6.45, 7) is 0.873. The Bertz CT molecular complexity index is 287. The number of ketones is 1. The maximum Gasteiger partial charge on any atom is 0.199 e. The van der Waals surface area contributed by atoms with Gasteiger partial charge in [0.2, 0.25) is 0 Å². The molecule has 0 bridgehead atoms. The third kappa shape index (κ3) is 3.08. The zero-order valence-corrected chi connectivity index (χ0v) is 8.53. The Morgan fingerprint density at radius 3 is 3.00 bits per heavy atom. The van der Waals surface area contributed by atoms with Crippen LogP contribution in [0.25, 0.3) is 0 Å². The summed E-state index contributed by atoms with van der Waals surface area (Å²) in [6, 6.07) is 1.70. The molecule has 3 nitrogen and oxygen atoms in total. The highest BCUT2D eigenvalue weighted by Crippen LogP contribution is 2.22. The number of carbonyl (C=O) groups is 1. The summed E-state index contributed by atoms with van der Waals surface area (Å²) in [4.78, 5) is 11.9. The summed E-state index contributed by atoms with van der Waals surface area (Å²) in [5.41, 5.74) is 5.20. The number of carbonyl (C=O) groups excluding carboxylic acids is 1. The molecule has 0 radical (unpaired) electrons. The Morgan fingerprint density at radius 1 is 1.69 bits per heavy atom. The molecule has 2 N–H and O–H groups in total. The number of ether oxygens (including phenoxy) is 1. The van der Waals surface area contributed by atoms with Crippen molar-refractivity contribution in [1.82, 2.24) is 0 Å². The number of halogens is 1. The highest BCUT2D eigenvalue weighted by atomic mass is 35.5. The van der Waals surface area contributed by atoms with Crippen LogP contribution in [0.5, 0.6) is 0 Å². The lowest BCUT2D eigenvalue weighted by Gasteiger charge is -1.99. The normalized spacial score (nSPS) is 10.3. The summed E-state index contributed by atoms with van der Waals surface area (Å²) < 4.78 is 5.00. The Hall–Kier alpha value is -0.420. The largest absolute Gasteiger partial charge is 0.372 e. The standard InChI is InChI=1S/C8H10ClNO2S/c9-6-1-4-13-8(6)7(11)5-12-3-2-10/h1,4H,2-3,5,10H2. The van der Waals surface area contributed by atoms with E-state index in [4.69, 9.17) is 22.1 Å². The molecule has 0 aromatic carbocycles. The lowest BCUT2D eigenvalue weighted by molar-refractivity contribution is 0.0778. The fourth-order valence-electron chi connectivity index (χ4n) is 0.806. The minimum Gasteiger partial charge on any atom is -0.372 e. The van der Waals surface area contributed by atoms with Crippen molar-refractivity contribution in [2.24, 2.45) is 5.73 Å². The zero-order valence-electron chi connectivity index (χ0n) is 6.96. The molecule has 1 aromatic heterocycles. The molecular weight excluding hydrogens is 210 g/mol. The van der Waals surface area contributed by atoms with Crippen molar-refractivity contribution in [2.75, 3.05) is 19.8 Å². The second kappa shape index (κ2) is 5.34. The molecule has 0 amide bonds. The number of rotatable bonds is 5. The molecule has 1 rings (SSSR count). The van der Waals surface area contributed by atoms with Crippen LogP contribution in [0.1, 0.15) is 9.67 Å². The number of nitrogens with two attached hydrogens (primary N) is 1. The first-order valence-electron chi connectivity index (χ1n) is 3.79. The van der Waals surface area contributed by atoms with Crippen LogP contribution in [0.4, 0.5) is 0 Å². The smallest absolute Gasteiger partial charge is 0.199 e. The summed E-state index contributed by atoms with van der Waals surface area (Å²) in [6.07, 6.45) is 0. The van der Waals surface area contributed by atoms with E-state index in [-0.39, 0.29) is 12.4 Å². The van der Waals surface area contributed by atoms with Crippen molar-refractivity contribution in [1.29, 1.82) is 0 Å². The third-order valence-electron chi connectivity index (χ3n) is 1.37. The van der Waals surface area contributed by atoms with Crippen LogP contribution >= 0.6 is 22.9 Å². The second-order valence-electron chi connectivity index (χ2n) is 2.36. The molecule has 0 aliphatic heterocycles. The van der Waals surface area contributed by atoms with Crippen molar-refractivity contribution >= 4 is 28.7 Å². The van der Waals surface area contributed by atoms with E-state index < -0.39 is 0 Å². The van der Waals surface area contributed by atoms with Gasteiger partial charge in [-0.1, -0.05) is 11.6 Å². The van der Waals surface area contributed by atoms with Crippen LogP contribution in [-0.4, -0.2) is 25.5 Å². The predicted molar refractivity (Wildman–Crippen MR) is 53.5 cm³/mol. The topological polar surface area (TPSA) is 52.3 Å². The molecule has 13 heavy (non-hydrogen) atoms. The van der Waals surface area contributed by atoms with Gasteiger partial charge in [0.25, 0.3) is 0 Å². The molecule has 0 atom stereocenters. The molecule has 1 heterocycles. The van der Waals surface area contributed by atoms with E-state index in [1.807, 2.05) is 0 Å². The average Bonchev–Trinajstić information content (AvgIpc) is 2.52. The fraction of sp³-hybridized carbons (Fsp3) is 0.375. The highest BCUT2D eigenvalue weighted by molar-refractivity contribution is 7.12. The monoisotopic (exact) mass is 219 g/mol. The van der Waals surface area contributed by atoms with E-state index in [1.54, 1.807) is 11.4 Å². The van der Waals surface area contributed by atoms with Gasteiger partial charge in [-0.05, 0) is 11.4 Å². The molecule has 0 fully saturated rings. The van der Waals surface area contributed by atoms with Crippen LogP contribution in [0.2, 0.25) is 5.02 Å². The number of Topliss-reactive ketones (excluding diaryl/α,β-unsaturated/α-hetero) is 1. The Morgan fingerprint density at radius 2 is 2.46 bits per heavy atom. The summed E-state index contributed by atoms with van der Waals surface area (Å²) in [5.74, 6) is -0.0894. The predicted octanol–water partition coefficient (Wildman–Crippen LogP) is 1.56. The molecule has 0 spiro atoms. The number of thiophene rings is 1. The van der Waals surface area contributed by atoms with Crippen molar-refractivity contribution in [3.8, 4) is 0 Å². The van der Waals surface area contributed by atoms with Gasteiger partial charge in [0.15, 0.2) is 5.78 Å². The van der Waals surface area contributed by atoms with Gasteiger partial charge < -0.3 is 10.5 Å². The van der Waals surface area contributed by atoms with Gasteiger partial charge in [-0.3, -0.25) is 4.79 Å². The summed E-state index contributed by atoms with van der Waals surface area (Å²) >= 11 is 7.08. The lowest BCUT2D eigenvalue weighted by Crippen LogP contribution is -2.14. The van der Waals surface area contributed by atoms with E-state index in [0.29, 0.717) is 23.1 Å². The SMILES string of the molecule is NCCOCC(=O)c1sccc1Cl. The zero-order chi connectivity index (χ0) is 9.68.